The first kappa shape index (κ1) is 20.5. The third-order valence-corrected chi connectivity index (χ3v) is 6.13. The van der Waals surface area contributed by atoms with E-state index in [1.165, 1.54) is 0 Å². The summed E-state index contributed by atoms with van der Waals surface area (Å²) in [6, 6.07) is 4.55. The van der Waals surface area contributed by atoms with Gasteiger partial charge in [0.25, 0.3) is 5.56 Å². The minimum atomic E-state index is -1.34. The molecule has 2 unspecified atom stereocenters. The molecule has 11 heteroatoms. The summed E-state index contributed by atoms with van der Waals surface area (Å²) >= 11 is 0. The van der Waals surface area contributed by atoms with Crippen LogP contribution in [0.5, 0.6) is 0 Å². The molecule has 0 bridgehead atoms. The molecule has 1 aromatic heterocycles. The number of carbonyl (C=O) groups excluding carboxylic acids is 1. The van der Waals surface area contributed by atoms with E-state index in [1.807, 2.05) is 11.0 Å². The number of halogens is 2. The number of aromatic amines is 1. The van der Waals surface area contributed by atoms with Crippen molar-refractivity contribution in [3.8, 4) is 6.07 Å². The predicted molar refractivity (Wildman–Crippen MR) is 107 cm³/mol. The quantitative estimate of drug-likeness (QED) is 0.724. The molecule has 1 aromatic carbocycles. The third-order valence-electron chi connectivity index (χ3n) is 6.13. The Labute approximate surface area is 181 Å². The minimum absolute atomic E-state index is 0.0131. The summed E-state index contributed by atoms with van der Waals surface area (Å²) < 4.78 is 39.2. The number of piperidine rings is 1. The van der Waals surface area contributed by atoms with Crippen LogP contribution in [0, 0.1) is 28.9 Å². The van der Waals surface area contributed by atoms with Gasteiger partial charge in [0.05, 0.1) is 24.8 Å². The number of aromatic nitrogens is 2. The van der Waals surface area contributed by atoms with Gasteiger partial charge in [-0.15, -0.1) is 0 Å². The van der Waals surface area contributed by atoms with Gasteiger partial charge >= 0.3 is 0 Å². The van der Waals surface area contributed by atoms with Gasteiger partial charge < -0.3 is 19.7 Å². The summed E-state index contributed by atoms with van der Waals surface area (Å²) in [5, 5.41) is 12.0. The van der Waals surface area contributed by atoms with E-state index < -0.39 is 40.7 Å². The Balaban J connectivity index is 1.53. The monoisotopic (exact) mass is 443 g/mol. The van der Waals surface area contributed by atoms with Crippen LogP contribution < -0.4 is 15.8 Å². The van der Waals surface area contributed by atoms with Gasteiger partial charge in [0, 0.05) is 37.9 Å². The molecule has 166 valence electrons. The summed E-state index contributed by atoms with van der Waals surface area (Å²) in [5.74, 6) is -5.32. The van der Waals surface area contributed by atoms with Crippen molar-refractivity contribution < 1.29 is 23.0 Å². The zero-order chi connectivity index (χ0) is 22.5. The van der Waals surface area contributed by atoms with Crippen LogP contribution in [-0.2, 0) is 14.3 Å². The fraction of sp³-hybridized carbons (Fsp3) is 0.429. The molecule has 9 nitrogen and oxygen atoms in total. The molecule has 3 aliphatic heterocycles. The van der Waals surface area contributed by atoms with Crippen LogP contribution in [0.15, 0.2) is 23.0 Å². The molecule has 3 aliphatic rings. The molecule has 2 N–H and O–H groups in total. The maximum absolute atomic E-state index is 13.9. The fourth-order valence-corrected chi connectivity index (χ4v) is 4.61. The van der Waals surface area contributed by atoms with Crippen LogP contribution in [0.3, 0.4) is 0 Å². The molecule has 2 saturated heterocycles. The van der Waals surface area contributed by atoms with Gasteiger partial charge in [0.1, 0.15) is 23.4 Å². The summed E-state index contributed by atoms with van der Waals surface area (Å²) in [6.07, 6.45) is 1.17. The van der Waals surface area contributed by atoms with Crippen LogP contribution in [0.25, 0.3) is 0 Å². The van der Waals surface area contributed by atoms with Crippen LogP contribution in [-0.4, -0.2) is 48.0 Å². The van der Waals surface area contributed by atoms with Crippen molar-refractivity contribution in [1.82, 2.24) is 9.97 Å². The molecule has 1 amide bonds. The minimum Gasteiger partial charge on any atom is -0.347 e. The van der Waals surface area contributed by atoms with Gasteiger partial charge in [-0.2, -0.15) is 10.2 Å². The molecule has 2 aromatic rings. The number of amides is 1. The van der Waals surface area contributed by atoms with Gasteiger partial charge in [-0.05, 0) is 17.7 Å². The molecule has 0 aliphatic carbocycles. The standard InChI is InChI=1S/C21H19F2N5O4/c22-12-7-11(8-13(23)9-12)15-14(10-24)18(29)25-17-16(15)19(30)27-20(26-17)28-3-1-21(2-4-28)31-5-6-32-21/h7-9,14-15H,1-6H2,(H2,25,26,27,29,30). The molecule has 2 fully saturated rings. The highest BCUT2D eigenvalue weighted by molar-refractivity contribution is 5.98. The third kappa shape index (κ3) is 3.41. The second-order valence-electron chi connectivity index (χ2n) is 8.02. The number of fused-ring (bicyclic) bond motifs is 1. The van der Waals surface area contributed by atoms with Crippen molar-refractivity contribution in [2.24, 2.45) is 5.92 Å². The van der Waals surface area contributed by atoms with E-state index in [0.717, 1.165) is 12.1 Å². The normalized spacial score (nSPS) is 24.2. The lowest BCUT2D eigenvalue weighted by Crippen LogP contribution is -2.46. The number of ether oxygens (including phenoxy) is 2. The van der Waals surface area contributed by atoms with Crippen molar-refractivity contribution in [2.45, 2.75) is 24.5 Å². The van der Waals surface area contributed by atoms with Crippen LogP contribution in [0.4, 0.5) is 20.5 Å². The van der Waals surface area contributed by atoms with E-state index in [-0.39, 0.29) is 22.9 Å². The molecule has 2 atom stereocenters. The lowest BCUT2D eigenvalue weighted by atomic mass is 9.79. The van der Waals surface area contributed by atoms with E-state index in [9.17, 15) is 23.6 Å². The number of nitrogens with zero attached hydrogens (tertiary/aromatic N) is 3. The molecule has 0 radical (unpaired) electrons. The number of hydrogen-bond donors (Lipinski definition) is 2. The Morgan fingerprint density at radius 3 is 2.41 bits per heavy atom. The zero-order valence-electron chi connectivity index (χ0n) is 16.9. The second-order valence-corrected chi connectivity index (χ2v) is 8.02. The number of hydrogen-bond acceptors (Lipinski definition) is 7. The van der Waals surface area contributed by atoms with Gasteiger partial charge in [-0.3, -0.25) is 14.6 Å². The van der Waals surface area contributed by atoms with E-state index in [4.69, 9.17) is 9.47 Å². The SMILES string of the molecule is N#CC1C(=O)Nc2nc(N3CCC4(CC3)OCCO4)[nH]c(=O)c2C1c1cc(F)cc(F)c1. The van der Waals surface area contributed by atoms with Gasteiger partial charge in [0.15, 0.2) is 5.79 Å². The number of anilines is 2. The van der Waals surface area contributed by atoms with Gasteiger partial charge in [0.2, 0.25) is 11.9 Å². The first-order valence-electron chi connectivity index (χ1n) is 10.2. The maximum atomic E-state index is 13.9. The topological polar surface area (TPSA) is 120 Å². The zero-order valence-corrected chi connectivity index (χ0v) is 16.9. The van der Waals surface area contributed by atoms with Gasteiger partial charge in [-0.25, -0.2) is 8.78 Å². The van der Waals surface area contributed by atoms with Crippen LogP contribution in [0.2, 0.25) is 0 Å². The predicted octanol–water partition coefficient (Wildman–Crippen LogP) is 1.62. The van der Waals surface area contributed by atoms with E-state index in [2.05, 4.69) is 15.3 Å². The fourth-order valence-electron chi connectivity index (χ4n) is 4.61. The highest BCUT2D eigenvalue weighted by Crippen LogP contribution is 2.39. The lowest BCUT2D eigenvalue weighted by molar-refractivity contribution is -0.169. The summed E-state index contributed by atoms with van der Waals surface area (Å²) in [7, 11) is 0. The smallest absolute Gasteiger partial charge is 0.258 e. The first-order valence-corrected chi connectivity index (χ1v) is 10.2. The van der Waals surface area contributed by atoms with Crippen molar-refractivity contribution in [3.05, 3.63) is 51.3 Å². The van der Waals surface area contributed by atoms with Gasteiger partial charge in [-0.1, -0.05) is 0 Å². The molecule has 4 heterocycles. The molecular weight excluding hydrogens is 424 g/mol. The number of H-pyrrole nitrogens is 1. The summed E-state index contributed by atoms with van der Waals surface area (Å²) in [6.45, 7) is 2.11. The Hall–Kier alpha value is -3.36. The van der Waals surface area contributed by atoms with Crippen molar-refractivity contribution in [3.63, 3.8) is 0 Å². The summed E-state index contributed by atoms with van der Waals surface area (Å²) in [5.41, 5.74) is -0.588. The van der Waals surface area contributed by atoms with Crippen molar-refractivity contribution >= 4 is 17.7 Å². The highest BCUT2D eigenvalue weighted by Gasteiger charge is 2.42. The Kier molecular flexibility index (Phi) is 4.91. The van der Waals surface area contributed by atoms with Crippen molar-refractivity contribution in [1.29, 1.82) is 5.26 Å². The second kappa shape index (κ2) is 7.65. The number of carbonyl (C=O) groups is 1. The molecule has 1 spiro atoms. The van der Waals surface area contributed by atoms with Crippen molar-refractivity contribution in [2.75, 3.05) is 36.5 Å². The number of nitrogens with one attached hydrogen (secondary N) is 2. The molecule has 0 saturated carbocycles. The van der Waals surface area contributed by atoms with E-state index >= 15 is 0 Å². The summed E-state index contributed by atoms with van der Waals surface area (Å²) in [4.78, 5) is 34.6. The molecular formula is C21H19F2N5O4. The Morgan fingerprint density at radius 2 is 1.78 bits per heavy atom. The maximum Gasteiger partial charge on any atom is 0.258 e. The highest BCUT2D eigenvalue weighted by atomic mass is 19.1. The van der Waals surface area contributed by atoms with Crippen LogP contribution >= 0.6 is 0 Å². The Morgan fingerprint density at radius 1 is 1.12 bits per heavy atom. The average Bonchev–Trinajstić information content (AvgIpc) is 3.20. The van der Waals surface area contributed by atoms with E-state index in [0.29, 0.717) is 45.2 Å². The van der Waals surface area contributed by atoms with Crippen LogP contribution in [0.1, 0.15) is 29.9 Å². The largest absolute Gasteiger partial charge is 0.347 e. The molecule has 32 heavy (non-hydrogen) atoms. The Bertz CT molecular complexity index is 1160. The first-order chi connectivity index (χ1) is 15.4. The number of benzene rings is 1. The molecule has 5 rings (SSSR count). The number of rotatable bonds is 2. The number of nitriles is 1. The average molecular weight is 443 g/mol. The van der Waals surface area contributed by atoms with E-state index in [1.54, 1.807) is 0 Å². The lowest BCUT2D eigenvalue weighted by Gasteiger charge is -2.38.